The van der Waals surface area contributed by atoms with Gasteiger partial charge in [-0.2, -0.15) is 18.3 Å². The van der Waals surface area contributed by atoms with Crippen LogP contribution in [0.4, 0.5) is 19.0 Å². The van der Waals surface area contributed by atoms with Crippen molar-refractivity contribution in [1.29, 1.82) is 0 Å². The number of alkyl halides is 3. The highest BCUT2D eigenvalue weighted by Crippen LogP contribution is 2.32. The number of benzene rings is 1. The fraction of sp³-hybridized carbons (Fsp3) is 0.143. The number of nitrogens with two attached hydrogens (primary N) is 1. The van der Waals surface area contributed by atoms with E-state index in [1.165, 1.54) is 16.6 Å². The van der Waals surface area contributed by atoms with Crippen molar-refractivity contribution in [3.63, 3.8) is 0 Å². The number of nitrogen functional groups attached to an aromatic ring is 1. The van der Waals surface area contributed by atoms with Crippen molar-refractivity contribution in [2.75, 3.05) is 5.73 Å². The molecule has 3 aromatic rings. The molecular formula is C14H11F3N4. The zero-order chi connectivity index (χ0) is 15.2. The second kappa shape index (κ2) is 4.47. The van der Waals surface area contributed by atoms with Crippen LogP contribution in [-0.2, 0) is 6.18 Å². The van der Waals surface area contributed by atoms with Gasteiger partial charge in [-0.3, -0.25) is 0 Å². The van der Waals surface area contributed by atoms with Gasteiger partial charge in [-0.25, -0.2) is 9.50 Å². The number of hydrogen-bond acceptors (Lipinski definition) is 3. The highest BCUT2D eigenvalue weighted by atomic mass is 19.4. The van der Waals surface area contributed by atoms with Crippen LogP contribution in [0.5, 0.6) is 0 Å². The molecular weight excluding hydrogens is 281 g/mol. The van der Waals surface area contributed by atoms with Crippen LogP contribution in [0, 0.1) is 6.92 Å². The van der Waals surface area contributed by atoms with Gasteiger partial charge in [0.05, 0.1) is 17.0 Å². The van der Waals surface area contributed by atoms with Crippen molar-refractivity contribution in [2.45, 2.75) is 13.1 Å². The summed E-state index contributed by atoms with van der Waals surface area (Å²) in [5, 5.41) is 4.24. The van der Waals surface area contributed by atoms with Crippen molar-refractivity contribution < 1.29 is 13.2 Å². The molecule has 1 aromatic carbocycles. The van der Waals surface area contributed by atoms with E-state index in [4.69, 9.17) is 5.73 Å². The highest BCUT2D eigenvalue weighted by molar-refractivity contribution is 5.67. The fourth-order valence-corrected chi connectivity index (χ4v) is 2.17. The third-order valence-corrected chi connectivity index (χ3v) is 3.05. The number of anilines is 1. The van der Waals surface area contributed by atoms with Gasteiger partial charge in [-0.05, 0) is 19.1 Å². The van der Waals surface area contributed by atoms with Crippen LogP contribution in [0.1, 0.15) is 11.3 Å². The second-order valence-electron chi connectivity index (χ2n) is 4.70. The maximum atomic E-state index is 12.8. The molecule has 0 bridgehead atoms. The molecule has 0 aliphatic heterocycles. The SMILES string of the molecule is Cc1cc2nc(N)cc(-c3cccc(C(F)(F)F)c3)n2n1. The molecule has 2 aromatic heterocycles. The van der Waals surface area contributed by atoms with E-state index in [1.807, 2.05) is 0 Å². The largest absolute Gasteiger partial charge is 0.416 e. The van der Waals surface area contributed by atoms with Crippen LogP contribution < -0.4 is 5.73 Å². The minimum atomic E-state index is -4.40. The first kappa shape index (κ1) is 13.4. The number of fused-ring (bicyclic) bond motifs is 1. The predicted molar refractivity (Wildman–Crippen MR) is 72.6 cm³/mol. The minimum Gasteiger partial charge on any atom is -0.384 e. The van der Waals surface area contributed by atoms with Crippen molar-refractivity contribution in [1.82, 2.24) is 14.6 Å². The van der Waals surface area contributed by atoms with Crippen LogP contribution in [-0.4, -0.2) is 14.6 Å². The number of aryl methyl sites for hydroxylation is 1. The summed E-state index contributed by atoms with van der Waals surface area (Å²) in [6.07, 6.45) is -4.40. The average molecular weight is 292 g/mol. The summed E-state index contributed by atoms with van der Waals surface area (Å²) < 4.78 is 40.0. The molecule has 0 atom stereocenters. The van der Waals surface area contributed by atoms with Gasteiger partial charge in [-0.15, -0.1) is 0 Å². The Morgan fingerprint density at radius 3 is 2.62 bits per heavy atom. The first-order valence-electron chi connectivity index (χ1n) is 6.15. The Morgan fingerprint density at radius 1 is 1.14 bits per heavy atom. The molecule has 0 aliphatic rings. The van der Waals surface area contributed by atoms with E-state index in [2.05, 4.69) is 10.1 Å². The molecule has 3 rings (SSSR count). The van der Waals surface area contributed by atoms with Crippen molar-refractivity contribution in [2.24, 2.45) is 0 Å². The maximum absolute atomic E-state index is 12.8. The third-order valence-electron chi connectivity index (χ3n) is 3.05. The highest BCUT2D eigenvalue weighted by Gasteiger charge is 2.30. The number of halogens is 3. The van der Waals surface area contributed by atoms with Gasteiger partial charge in [0.15, 0.2) is 5.65 Å². The molecule has 2 heterocycles. The fourth-order valence-electron chi connectivity index (χ4n) is 2.17. The summed E-state index contributed by atoms with van der Waals surface area (Å²) in [6.45, 7) is 1.78. The lowest BCUT2D eigenvalue weighted by atomic mass is 10.1. The summed E-state index contributed by atoms with van der Waals surface area (Å²) in [6, 6.07) is 8.27. The van der Waals surface area contributed by atoms with E-state index in [-0.39, 0.29) is 5.82 Å². The summed E-state index contributed by atoms with van der Waals surface area (Å²) in [7, 11) is 0. The van der Waals surface area contributed by atoms with Crippen molar-refractivity contribution in [3.05, 3.63) is 47.7 Å². The first-order valence-corrected chi connectivity index (χ1v) is 6.15. The second-order valence-corrected chi connectivity index (χ2v) is 4.70. The van der Waals surface area contributed by atoms with Crippen LogP contribution in [0.2, 0.25) is 0 Å². The predicted octanol–water partition coefficient (Wildman–Crippen LogP) is 3.31. The lowest BCUT2D eigenvalue weighted by Crippen LogP contribution is -2.05. The van der Waals surface area contributed by atoms with Gasteiger partial charge < -0.3 is 5.73 Å². The van der Waals surface area contributed by atoms with E-state index in [9.17, 15) is 13.2 Å². The number of hydrogen-bond donors (Lipinski definition) is 1. The van der Waals surface area contributed by atoms with Crippen LogP contribution in [0.15, 0.2) is 36.4 Å². The van der Waals surface area contributed by atoms with E-state index in [1.54, 1.807) is 19.1 Å². The quantitative estimate of drug-likeness (QED) is 0.748. The molecule has 2 N–H and O–H groups in total. The Labute approximate surface area is 118 Å². The zero-order valence-electron chi connectivity index (χ0n) is 11.0. The summed E-state index contributed by atoms with van der Waals surface area (Å²) >= 11 is 0. The van der Waals surface area contributed by atoms with E-state index < -0.39 is 11.7 Å². The Bertz CT molecular complexity index is 821. The average Bonchev–Trinajstić information content (AvgIpc) is 2.77. The molecule has 21 heavy (non-hydrogen) atoms. The first-order chi connectivity index (χ1) is 9.84. The molecule has 0 amide bonds. The van der Waals surface area contributed by atoms with Crippen LogP contribution >= 0.6 is 0 Å². The normalized spacial score (nSPS) is 12.0. The summed E-state index contributed by atoms with van der Waals surface area (Å²) in [4.78, 5) is 4.11. The monoisotopic (exact) mass is 292 g/mol. The lowest BCUT2D eigenvalue weighted by molar-refractivity contribution is -0.137. The molecule has 0 fully saturated rings. The van der Waals surface area contributed by atoms with E-state index in [0.29, 0.717) is 22.6 Å². The van der Waals surface area contributed by atoms with Crippen molar-refractivity contribution >= 4 is 11.5 Å². The summed E-state index contributed by atoms with van der Waals surface area (Å²) in [5.74, 6) is 0.231. The van der Waals surface area contributed by atoms with Gasteiger partial charge in [-0.1, -0.05) is 12.1 Å². The van der Waals surface area contributed by atoms with Gasteiger partial charge >= 0.3 is 6.18 Å². The maximum Gasteiger partial charge on any atom is 0.416 e. The topological polar surface area (TPSA) is 56.2 Å². The molecule has 0 saturated carbocycles. The van der Waals surface area contributed by atoms with Gasteiger partial charge in [0.1, 0.15) is 5.82 Å². The standard InChI is InChI=1S/C14H11F3N4/c1-8-5-13-19-12(18)7-11(21(13)20-8)9-3-2-4-10(6-9)14(15,16)17/h2-7H,1H3,(H2,18,19). The number of nitrogens with zero attached hydrogens (tertiary/aromatic N) is 3. The smallest absolute Gasteiger partial charge is 0.384 e. The van der Waals surface area contributed by atoms with Gasteiger partial charge in [0, 0.05) is 17.7 Å². The van der Waals surface area contributed by atoms with E-state index in [0.717, 1.165) is 12.1 Å². The van der Waals surface area contributed by atoms with Crippen LogP contribution in [0.3, 0.4) is 0 Å². The molecule has 0 spiro atoms. The Kier molecular flexibility index (Phi) is 2.86. The summed E-state index contributed by atoms with van der Waals surface area (Å²) in [5.41, 5.74) is 7.07. The molecule has 0 unspecified atom stereocenters. The van der Waals surface area contributed by atoms with Gasteiger partial charge in [0.25, 0.3) is 0 Å². The molecule has 0 saturated heterocycles. The third kappa shape index (κ3) is 2.42. The number of aromatic nitrogens is 3. The van der Waals surface area contributed by atoms with Crippen LogP contribution in [0.25, 0.3) is 16.9 Å². The number of rotatable bonds is 1. The Morgan fingerprint density at radius 2 is 1.90 bits per heavy atom. The zero-order valence-corrected chi connectivity index (χ0v) is 11.0. The Balaban J connectivity index is 2.25. The molecule has 4 nitrogen and oxygen atoms in total. The lowest BCUT2D eigenvalue weighted by Gasteiger charge is -2.10. The van der Waals surface area contributed by atoms with Gasteiger partial charge in [0.2, 0.25) is 0 Å². The molecule has 108 valence electrons. The molecule has 0 radical (unpaired) electrons. The van der Waals surface area contributed by atoms with E-state index >= 15 is 0 Å². The molecule has 0 aliphatic carbocycles. The minimum absolute atomic E-state index is 0.231. The Hall–Kier alpha value is -2.57. The molecule has 7 heteroatoms. The van der Waals surface area contributed by atoms with Crippen molar-refractivity contribution in [3.8, 4) is 11.3 Å².